The molecular formula is C24H31NO5. The summed E-state index contributed by atoms with van der Waals surface area (Å²) in [5, 5.41) is 9.94. The van der Waals surface area contributed by atoms with Gasteiger partial charge in [0.25, 0.3) is 0 Å². The van der Waals surface area contributed by atoms with Crippen LogP contribution in [0.4, 0.5) is 4.79 Å². The highest BCUT2D eigenvalue weighted by Gasteiger charge is 2.38. The van der Waals surface area contributed by atoms with Crippen molar-refractivity contribution < 1.29 is 24.1 Å². The van der Waals surface area contributed by atoms with Crippen molar-refractivity contribution in [2.75, 3.05) is 14.2 Å². The Balaban J connectivity index is 2.08. The van der Waals surface area contributed by atoms with Crippen molar-refractivity contribution in [1.29, 1.82) is 0 Å². The Morgan fingerprint density at radius 1 is 1.13 bits per heavy atom. The van der Waals surface area contributed by atoms with Crippen molar-refractivity contribution in [1.82, 2.24) is 4.90 Å². The van der Waals surface area contributed by atoms with Crippen LogP contribution in [0.2, 0.25) is 0 Å². The molecule has 0 radical (unpaired) electrons. The van der Waals surface area contributed by atoms with Crippen LogP contribution in [-0.4, -0.2) is 42.0 Å². The molecule has 0 saturated carbocycles. The van der Waals surface area contributed by atoms with Crippen LogP contribution in [0.3, 0.4) is 0 Å². The molecule has 1 heterocycles. The largest absolute Gasteiger partial charge is 0.497 e. The number of benzene rings is 2. The predicted molar refractivity (Wildman–Crippen MR) is 114 cm³/mol. The van der Waals surface area contributed by atoms with Crippen LogP contribution in [0.25, 0.3) is 0 Å². The number of carbonyl (C=O) groups excluding carboxylic acids is 1. The van der Waals surface area contributed by atoms with Crippen LogP contribution in [0, 0.1) is 0 Å². The summed E-state index contributed by atoms with van der Waals surface area (Å²) in [6.45, 7) is 7.64. The van der Waals surface area contributed by atoms with E-state index in [1.165, 1.54) is 7.11 Å². The molecule has 3 rings (SSSR count). The Bertz CT molecular complexity index is 887. The first kappa shape index (κ1) is 22.1. The van der Waals surface area contributed by atoms with Crippen LogP contribution in [0.15, 0.2) is 42.5 Å². The smallest absolute Gasteiger partial charge is 0.411 e. The Hall–Kier alpha value is -2.57. The lowest BCUT2D eigenvalue weighted by Crippen LogP contribution is -2.48. The van der Waals surface area contributed by atoms with Crippen molar-refractivity contribution in [2.45, 2.75) is 58.1 Å². The number of rotatable bonds is 4. The highest BCUT2D eigenvalue weighted by molar-refractivity contribution is 5.71. The predicted octanol–water partition coefficient (Wildman–Crippen LogP) is 4.60. The first-order chi connectivity index (χ1) is 14.1. The summed E-state index contributed by atoms with van der Waals surface area (Å²) in [5.74, 6) is 0.795. The number of aliphatic hydroxyl groups excluding tert-OH is 1. The molecular weight excluding hydrogens is 382 g/mol. The zero-order chi connectivity index (χ0) is 22.1. The summed E-state index contributed by atoms with van der Waals surface area (Å²) in [5.41, 5.74) is 3.19. The van der Waals surface area contributed by atoms with E-state index < -0.39 is 11.9 Å². The zero-order valence-electron chi connectivity index (χ0n) is 18.5. The Kier molecular flexibility index (Phi) is 6.38. The van der Waals surface area contributed by atoms with E-state index in [4.69, 9.17) is 14.2 Å². The van der Waals surface area contributed by atoms with Gasteiger partial charge in [-0.1, -0.05) is 30.3 Å². The van der Waals surface area contributed by atoms with Gasteiger partial charge in [0.1, 0.15) is 11.4 Å². The molecule has 2 aromatic rings. The van der Waals surface area contributed by atoms with Gasteiger partial charge in [-0.15, -0.1) is 0 Å². The number of ether oxygens (including phenoxy) is 3. The van der Waals surface area contributed by atoms with Gasteiger partial charge in [-0.25, -0.2) is 4.79 Å². The van der Waals surface area contributed by atoms with Gasteiger partial charge in [0.2, 0.25) is 0 Å². The van der Waals surface area contributed by atoms with Crippen LogP contribution in [0.5, 0.6) is 5.75 Å². The van der Waals surface area contributed by atoms with Gasteiger partial charge in [-0.2, -0.15) is 0 Å². The average Bonchev–Trinajstić information content (AvgIpc) is 2.70. The molecule has 1 aliphatic rings. The Morgan fingerprint density at radius 3 is 2.37 bits per heavy atom. The SMILES string of the molecule is COc1ccc2c(c1)C[C@H](C)N(C(=O)OC(C)(C)C)[C@H]2c1ccc(C(O)OC)cc1. The van der Waals surface area contributed by atoms with Crippen LogP contribution in [0.1, 0.15) is 62.3 Å². The topological polar surface area (TPSA) is 68.2 Å². The minimum absolute atomic E-state index is 0.0614. The van der Waals surface area contributed by atoms with E-state index in [-0.39, 0.29) is 18.2 Å². The molecule has 0 bridgehead atoms. The highest BCUT2D eigenvalue weighted by Crippen LogP contribution is 2.40. The average molecular weight is 414 g/mol. The molecule has 0 spiro atoms. The number of fused-ring (bicyclic) bond motifs is 1. The molecule has 0 saturated heterocycles. The molecule has 162 valence electrons. The molecule has 30 heavy (non-hydrogen) atoms. The van der Waals surface area contributed by atoms with E-state index in [2.05, 4.69) is 0 Å². The number of carbonyl (C=O) groups is 1. The van der Waals surface area contributed by atoms with Crippen LogP contribution < -0.4 is 4.74 Å². The summed E-state index contributed by atoms with van der Waals surface area (Å²) in [6, 6.07) is 13.1. The number of hydrogen-bond donors (Lipinski definition) is 1. The van der Waals surface area contributed by atoms with Crippen molar-refractivity contribution in [2.24, 2.45) is 0 Å². The fraction of sp³-hybridized carbons (Fsp3) is 0.458. The third-order valence-electron chi connectivity index (χ3n) is 5.28. The second-order valence-electron chi connectivity index (χ2n) is 8.66. The van der Waals surface area contributed by atoms with Gasteiger partial charge >= 0.3 is 6.09 Å². The second kappa shape index (κ2) is 8.66. The fourth-order valence-corrected chi connectivity index (χ4v) is 3.89. The molecule has 0 aliphatic carbocycles. The standard InChI is InChI=1S/C24H31NO5/c1-15-13-18-14-19(28-5)11-12-20(18)21(25(15)23(27)30-24(2,3)4)16-7-9-17(10-8-16)22(26)29-6/h7-12,14-15,21-22,26H,13H2,1-6H3/t15-,21-,22?/m0/s1. The molecule has 0 aromatic heterocycles. The minimum atomic E-state index is -0.983. The minimum Gasteiger partial charge on any atom is -0.497 e. The van der Waals surface area contributed by atoms with Crippen LogP contribution >= 0.6 is 0 Å². The molecule has 1 unspecified atom stereocenters. The summed E-state index contributed by atoms with van der Waals surface area (Å²) >= 11 is 0. The first-order valence-corrected chi connectivity index (χ1v) is 10.1. The van der Waals surface area contributed by atoms with E-state index >= 15 is 0 Å². The zero-order valence-corrected chi connectivity index (χ0v) is 18.5. The van der Waals surface area contributed by atoms with Crippen molar-refractivity contribution >= 4 is 6.09 Å². The van der Waals surface area contributed by atoms with E-state index in [9.17, 15) is 9.90 Å². The van der Waals surface area contributed by atoms with Gasteiger partial charge < -0.3 is 19.3 Å². The number of aliphatic hydroxyl groups is 1. The molecule has 6 heteroatoms. The molecule has 1 aliphatic heterocycles. The van der Waals surface area contributed by atoms with E-state index in [0.717, 1.165) is 22.4 Å². The molecule has 6 nitrogen and oxygen atoms in total. The van der Waals surface area contributed by atoms with Crippen LogP contribution in [-0.2, 0) is 15.9 Å². The lowest BCUT2D eigenvalue weighted by molar-refractivity contribution is -0.0769. The maximum Gasteiger partial charge on any atom is 0.411 e. The summed E-state index contributed by atoms with van der Waals surface area (Å²) in [6.07, 6.45) is -0.617. The van der Waals surface area contributed by atoms with Gasteiger partial charge in [0.05, 0.1) is 13.2 Å². The van der Waals surface area contributed by atoms with Crippen molar-refractivity contribution in [3.63, 3.8) is 0 Å². The maximum absolute atomic E-state index is 13.2. The third kappa shape index (κ3) is 4.60. The maximum atomic E-state index is 13.2. The van der Waals surface area contributed by atoms with Crippen molar-refractivity contribution in [3.05, 3.63) is 64.7 Å². The number of amides is 1. The monoisotopic (exact) mass is 413 g/mol. The number of hydrogen-bond acceptors (Lipinski definition) is 5. The molecule has 3 atom stereocenters. The molecule has 2 aromatic carbocycles. The fourth-order valence-electron chi connectivity index (χ4n) is 3.89. The summed E-state index contributed by atoms with van der Waals surface area (Å²) in [7, 11) is 3.10. The summed E-state index contributed by atoms with van der Waals surface area (Å²) < 4.78 is 16.1. The number of nitrogens with zero attached hydrogens (tertiary/aromatic N) is 1. The second-order valence-corrected chi connectivity index (χ2v) is 8.66. The van der Waals surface area contributed by atoms with Gasteiger partial charge in [0.15, 0.2) is 6.29 Å². The first-order valence-electron chi connectivity index (χ1n) is 10.1. The van der Waals surface area contributed by atoms with E-state index in [1.54, 1.807) is 7.11 Å². The number of methoxy groups -OCH3 is 2. The van der Waals surface area contributed by atoms with Gasteiger partial charge in [-0.3, -0.25) is 4.90 Å². The highest BCUT2D eigenvalue weighted by atomic mass is 16.6. The van der Waals surface area contributed by atoms with Gasteiger partial charge in [-0.05, 0) is 62.9 Å². The van der Waals surface area contributed by atoms with Crippen molar-refractivity contribution in [3.8, 4) is 5.75 Å². The summed E-state index contributed by atoms with van der Waals surface area (Å²) in [4.78, 5) is 15.0. The molecule has 1 amide bonds. The Morgan fingerprint density at radius 2 is 1.80 bits per heavy atom. The Labute approximate surface area is 178 Å². The molecule has 0 fully saturated rings. The third-order valence-corrected chi connectivity index (χ3v) is 5.28. The lowest BCUT2D eigenvalue weighted by atomic mass is 9.85. The molecule has 1 N–H and O–H groups in total. The van der Waals surface area contributed by atoms with Gasteiger partial charge in [0, 0.05) is 18.7 Å². The quantitative estimate of drug-likeness (QED) is 0.742. The normalized spacial score (nSPS) is 19.8. The lowest BCUT2D eigenvalue weighted by Gasteiger charge is -2.42. The van der Waals surface area contributed by atoms with E-state index in [0.29, 0.717) is 12.0 Å². The van der Waals surface area contributed by atoms with E-state index in [1.807, 2.05) is 75.1 Å².